The van der Waals surface area contributed by atoms with Crippen molar-refractivity contribution in [3.63, 3.8) is 0 Å². The van der Waals surface area contributed by atoms with Gasteiger partial charge in [-0.2, -0.15) is 5.10 Å². The van der Waals surface area contributed by atoms with Crippen molar-refractivity contribution in [2.45, 2.75) is 25.9 Å². The van der Waals surface area contributed by atoms with Crippen LogP contribution in [-0.4, -0.2) is 60.0 Å². The summed E-state index contributed by atoms with van der Waals surface area (Å²) in [5.41, 5.74) is 6.46. The van der Waals surface area contributed by atoms with Gasteiger partial charge in [0, 0.05) is 19.7 Å². The molecule has 0 aromatic carbocycles. The summed E-state index contributed by atoms with van der Waals surface area (Å²) in [7, 11) is 0. The molecule has 0 saturated carbocycles. The van der Waals surface area contributed by atoms with Gasteiger partial charge in [0.25, 0.3) is 5.91 Å². The molecule has 1 aliphatic heterocycles. The fourth-order valence-electron chi connectivity index (χ4n) is 2.27. The lowest BCUT2D eigenvalue weighted by molar-refractivity contribution is -0.0183. The van der Waals surface area contributed by atoms with Gasteiger partial charge in [-0.15, -0.1) is 0 Å². The number of likely N-dealkylation sites (tertiary alicyclic amines) is 1. The molecule has 112 valence electrons. The number of hydrogen-bond donors (Lipinski definition) is 2. The van der Waals surface area contributed by atoms with Gasteiger partial charge in [0.15, 0.2) is 0 Å². The summed E-state index contributed by atoms with van der Waals surface area (Å²) in [4.78, 5) is 14.0. The summed E-state index contributed by atoms with van der Waals surface area (Å²) in [6.45, 7) is 5.26. The first-order valence-corrected chi connectivity index (χ1v) is 6.99. The van der Waals surface area contributed by atoms with Crippen molar-refractivity contribution >= 4 is 11.6 Å². The number of H-pyrrole nitrogens is 1. The van der Waals surface area contributed by atoms with Crippen molar-refractivity contribution in [3.05, 3.63) is 11.9 Å². The van der Waals surface area contributed by atoms with Gasteiger partial charge in [-0.25, -0.2) is 0 Å². The Balaban J connectivity index is 1.74. The number of carbonyl (C=O) groups is 1. The van der Waals surface area contributed by atoms with E-state index in [2.05, 4.69) is 10.2 Å². The molecule has 0 unspecified atom stereocenters. The molecule has 1 fully saturated rings. The van der Waals surface area contributed by atoms with Crippen LogP contribution in [0, 0.1) is 0 Å². The summed E-state index contributed by atoms with van der Waals surface area (Å²) in [5.74, 6) is -0.0900. The second-order valence-electron chi connectivity index (χ2n) is 4.76. The number of nitrogens with zero attached hydrogens (tertiary/aromatic N) is 2. The molecule has 0 atom stereocenters. The number of piperidine rings is 1. The van der Waals surface area contributed by atoms with Crippen LogP contribution < -0.4 is 5.73 Å². The van der Waals surface area contributed by atoms with Crippen LogP contribution in [0.5, 0.6) is 0 Å². The second-order valence-corrected chi connectivity index (χ2v) is 4.76. The molecule has 0 spiro atoms. The number of nitrogens with one attached hydrogen (secondary N) is 1. The number of carbonyl (C=O) groups excluding carboxylic acids is 1. The normalized spacial score (nSPS) is 16.6. The van der Waals surface area contributed by atoms with E-state index in [0.717, 1.165) is 12.8 Å². The summed E-state index contributed by atoms with van der Waals surface area (Å²) in [6.07, 6.45) is 3.34. The predicted octanol–water partition coefficient (Wildman–Crippen LogP) is 0.650. The third-order valence-electron chi connectivity index (χ3n) is 3.40. The number of hydrogen-bond acceptors (Lipinski definition) is 5. The highest BCUT2D eigenvalue weighted by Gasteiger charge is 2.25. The Hall–Kier alpha value is -1.60. The Labute approximate surface area is 118 Å². The van der Waals surface area contributed by atoms with Crippen molar-refractivity contribution in [1.82, 2.24) is 15.1 Å². The first kappa shape index (κ1) is 14.8. The molecule has 0 aliphatic carbocycles. The third-order valence-corrected chi connectivity index (χ3v) is 3.40. The number of amides is 1. The average Bonchev–Trinajstić information content (AvgIpc) is 2.90. The first-order valence-electron chi connectivity index (χ1n) is 6.99. The molecule has 1 aromatic rings. The maximum Gasteiger partial charge on any atom is 0.274 e. The van der Waals surface area contributed by atoms with Crippen LogP contribution >= 0.6 is 0 Å². The maximum atomic E-state index is 12.2. The van der Waals surface area contributed by atoms with Gasteiger partial charge in [-0.3, -0.25) is 9.89 Å². The zero-order valence-electron chi connectivity index (χ0n) is 11.8. The topological polar surface area (TPSA) is 93.5 Å². The lowest BCUT2D eigenvalue weighted by Crippen LogP contribution is -2.41. The molecule has 2 rings (SSSR count). The van der Waals surface area contributed by atoms with Crippen LogP contribution in [0.1, 0.15) is 30.3 Å². The highest BCUT2D eigenvalue weighted by Crippen LogP contribution is 2.17. The number of nitrogen functional groups attached to an aromatic ring is 1. The zero-order valence-corrected chi connectivity index (χ0v) is 11.8. The third kappa shape index (κ3) is 3.71. The highest BCUT2D eigenvalue weighted by atomic mass is 16.5. The van der Waals surface area contributed by atoms with E-state index in [9.17, 15) is 4.79 Å². The van der Waals surface area contributed by atoms with Crippen molar-refractivity contribution in [2.75, 3.05) is 38.6 Å². The quantitative estimate of drug-likeness (QED) is 0.747. The molecular formula is C13H22N4O3. The summed E-state index contributed by atoms with van der Waals surface area (Å²) in [6, 6.07) is 0. The van der Waals surface area contributed by atoms with Crippen LogP contribution in [0.15, 0.2) is 6.20 Å². The molecule has 0 radical (unpaired) electrons. The van der Waals surface area contributed by atoms with E-state index in [1.807, 2.05) is 6.92 Å². The van der Waals surface area contributed by atoms with Gasteiger partial charge in [-0.1, -0.05) is 0 Å². The zero-order chi connectivity index (χ0) is 14.4. The number of rotatable bonds is 6. The minimum absolute atomic E-state index is 0.0900. The van der Waals surface area contributed by atoms with Gasteiger partial charge in [0.2, 0.25) is 0 Å². The number of aromatic nitrogens is 2. The van der Waals surface area contributed by atoms with Crippen molar-refractivity contribution in [2.24, 2.45) is 0 Å². The fraction of sp³-hybridized carbons (Fsp3) is 0.692. The molecule has 2 heterocycles. The Morgan fingerprint density at radius 2 is 2.25 bits per heavy atom. The van der Waals surface area contributed by atoms with E-state index < -0.39 is 0 Å². The molecule has 20 heavy (non-hydrogen) atoms. The van der Waals surface area contributed by atoms with Crippen LogP contribution in [0.25, 0.3) is 0 Å². The van der Waals surface area contributed by atoms with Crippen LogP contribution in [0.4, 0.5) is 5.69 Å². The molecule has 3 N–H and O–H groups in total. The molecule has 1 saturated heterocycles. The van der Waals surface area contributed by atoms with Gasteiger partial charge in [0.05, 0.1) is 31.2 Å². The molecule has 7 nitrogen and oxygen atoms in total. The van der Waals surface area contributed by atoms with Gasteiger partial charge < -0.3 is 20.1 Å². The average molecular weight is 282 g/mol. The lowest BCUT2D eigenvalue weighted by Gasteiger charge is -2.31. The number of ether oxygens (including phenoxy) is 2. The van der Waals surface area contributed by atoms with E-state index >= 15 is 0 Å². The highest BCUT2D eigenvalue weighted by molar-refractivity contribution is 5.97. The molecule has 1 aromatic heterocycles. The largest absolute Gasteiger partial charge is 0.396 e. The van der Waals surface area contributed by atoms with Crippen LogP contribution in [0.2, 0.25) is 0 Å². The first-order chi connectivity index (χ1) is 9.72. The molecule has 7 heteroatoms. The fourth-order valence-corrected chi connectivity index (χ4v) is 2.27. The van der Waals surface area contributed by atoms with Gasteiger partial charge >= 0.3 is 0 Å². The second kappa shape index (κ2) is 7.25. The van der Waals surface area contributed by atoms with E-state index in [1.165, 1.54) is 6.20 Å². The Kier molecular flexibility index (Phi) is 5.37. The summed E-state index contributed by atoms with van der Waals surface area (Å²) in [5, 5.41) is 6.42. The van der Waals surface area contributed by atoms with Crippen LogP contribution in [-0.2, 0) is 9.47 Å². The Bertz CT molecular complexity index is 427. The molecular weight excluding hydrogens is 260 g/mol. The van der Waals surface area contributed by atoms with Crippen LogP contribution in [0.3, 0.4) is 0 Å². The molecule has 1 aliphatic rings. The SMILES string of the molecule is CCOCCOC1CCN(C(=O)c2[nH]ncc2N)CC1. The van der Waals surface area contributed by atoms with E-state index in [1.54, 1.807) is 4.90 Å². The van der Waals surface area contributed by atoms with Crippen molar-refractivity contribution in [1.29, 1.82) is 0 Å². The predicted molar refractivity (Wildman–Crippen MR) is 74.4 cm³/mol. The monoisotopic (exact) mass is 282 g/mol. The molecule has 0 bridgehead atoms. The van der Waals surface area contributed by atoms with E-state index in [0.29, 0.717) is 44.3 Å². The Morgan fingerprint density at radius 3 is 2.85 bits per heavy atom. The summed E-state index contributed by atoms with van der Waals surface area (Å²) < 4.78 is 11.0. The van der Waals surface area contributed by atoms with Crippen molar-refractivity contribution in [3.8, 4) is 0 Å². The number of nitrogens with two attached hydrogens (primary N) is 1. The standard InChI is InChI=1S/C13H22N4O3/c1-2-19-7-8-20-10-3-5-17(6-4-10)13(18)12-11(14)9-15-16-12/h9-10H,2-8,14H2,1H3,(H,15,16). The smallest absolute Gasteiger partial charge is 0.274 e. The summed E-state index contributed by atoms with van der Waals surface area (Å²) >= 11 is 0. The van der Waals surface area contributed by atoms with Gasteiger partial charge in [0.1, 0.15) is 5.69 Å². The maximum absolute atomic E-state index is 12.2. The van der Waals surface area contributed by atoms with E-state index in [-0.39, 0.29) is 12.0 Å². The minimum Gasteiger partial charge on any atom is -0.396 e. The lowest BCUT2D eigenvalue weighted by atomic mass is 10.1. The Morgan fingerprint density at radius 1 is 1.50 bits per heavy atom. The van der Waals surface area contributed by atoms with Crippen molar-refractivity contribution < 1.29 is 14.3 Å². The van der Waals surface area contributed by atoms with Gasteiger partial charge in [-0.05, 0) is 19.8 Å². The number of aromatic amines is 1. The minimum atomic E-state index is -0.0900. The van der Waals surface area contributed by atoms with E-state index in [4.69, 9.17) is 15.2 Å². The number of anilines is 1. The molecule has 1 amide bonds.